The van der Waals surface area contributed by atoms with Gasteiger partial charge < -0.3 is 5.73 Å². The van der Waals surface area contributed by atoms with Crippen LogP contribution in [-0.4, -0.2) is 18.6 Å². The minimum atomic E-state index is -4.20. The molecule has 0 unspecified atom stereocenters. The maximum atomic E-state index is 13.9. The summed E-state index contributed by atoms with van der Waals surface area (Å²) in [5.41, 5.74) is 6.01. The SMILES string of the molecule is NCc1c(F)ccc(S(=O)(=O)Nc2nncs2)c1F. The summed E-state index contributed by atoms with van der Waals surface area (Å²) in [6.45, 7) is -0.445. The van der Waals surface area contributed by atoms with Crippen LogP contribution in [0.5, 0.6) is 0 Å². The Kier molecular flexibility index (Phi) is 3.73. The van der Waals surface area contributed by atoms with E-state index in [-0.39, 0.29) is 5.13 Å². The molecule has 0 amide bonds. The highest BCUT2D eigenvalue weighted by atomic mass is 32.2. The fourth-order valence-electron chi connectivity index (χ4n) is 1.36. The highest BCUT2D eigenvalue weighted by molar-refractivity contribution is 7.93. The lowest BCUT2D eigenvalue weighted by Crippen LogP contribution is -2.17. The highest BCUT2D eigenvalue weighted by Crippen LogP contribution is 2.23. The van der Waals surface area contributed by atoms with Crippen LogP contribution in [0.25, 0.3) is 0 Å². The van der Waals surface area contributed by atoms with Crippen LogP contribution in [0.3, 0.4) is 0 Å². The Morgan fingerprint density at radius 1 is 1.37 bits per heavy atom. The maximum absolute atomic E-state index is 13.9. The quantitative estimate of drug-likeness (QED) is 0.880. The molecule has 0 radical (unpaired) electrons. The van der Waals surface area contributed by atoms with Crippen molar-refractivity contribution >= 4 is 26.5 Å². The lowest BCUT2D eigenvalue weighted by Gasteiger charge is -2.09. The van der Waals surface area contributed by atoms with Crippen LogP contribution in [0.15, 0.2) is 22.5 Å². The third-order valence-electron chi connectivity index (χ3n) is 2.23. The molecular formula is C9H8F2N4O2S2. The Morgan fingerprint density at radius 2 is 2.11 bits per heavy atom. The van der Waals surface area contributed by atoms with Gasteiger partial charge in [-0.05, 0) is 12.1 Å². The number of nitrogens with zero attached hydrogens (tertiary/aromatic N) is 2. The van der Waals surface area contributed by atoms with Crippen LogP contribution >= 0.6 is 11.3 Å². The summed E-state index contributed by atoms with van der Waals surface area (Å²) in [6, 6.07) is 1.67. The van der Waals surface area contributed by atoms with Crippen LogP contribution in [0, 0.1) is 11.6 Å². The lowest BCUT2D eigenvalue weighted by molar-refractivity contribution is 0.530. The van der Waals surface area contributed by atoms with Crippen LogP contribution < -0.4 is 10.5 Å². The lowest BCUT2D eigenvalue weighted by atomic mass is 10.2. The standard InChI is InChI=1S/C9H8F2N4O2S2/c10-6-1-2-7(8(11)5(6)3-12)19(16,17)15-9-14-13-4-18-9/h1-2,4H,3,12H2,(H,14,15). The van der Waals surface area contributed by atoms with Crippen molar-refractivity contribution in [1.82, 2.24) is 10.2 Å². The number of nitrogens with two attached hydrogens (primary N) is 1. The molecule has 19 heavy (non-hydrogen) atoms. The van der Waals surface area contributed by atoms with E-state index in [1.165, 1.54) is 5.51 Å². The monoisotopic (exact) mass is 306 g/mol. The predicted octanol–water partition coefficient (Wildman–Crippen LogP) is 1.08. The van der Waals surface area contributed by atoms with E-state index in [1.807, 2.05) is 4.72 Å². The van der Waals surface area contributed by atoms with Crippen molar-refractivity contribution in [1.29, 1.82) is 0 Å². The van der Waals surface area contributed by atoms with Crippen LogP contribution in [0.4, 0.5) is 13.9 Å². The van der Waals surface area contributed by atoms with Crippen LogP contribution in [0.1, 0.15) is 5.56 Å². The van der Waals surface area contributed by atoms with E-state index >= 15 is 0 Å². The van der Waals surface area contributed by atoms with E-state index < -0.39 is 38.7 Å². The van der Waals surface area contributed by atoms with Gasteiger partial charge >= 0.3 is 0 Å². The normalized spacial score (nSPS) is 11.5. The van der Waals surface area contributed by atoms with Crippen molar-refractivity contribution in [2.45, 2.75) is 11.4 Å². The zero-order valence-electron chi connectivity index (χ0n) is 9.30. The van der Waals surface area contributed by atoms with Crippen molar-refractivity contribution in [3.05, 3.63) is 34.8 Å². The van der Waals surface area contributed by atoms with E-state index in [4.69, 9.17) is 5.73 Å². The van der Waals surface area contributed by atoms with Gasteiger partial charge in [-0.2, -0.15) is 0 Å². The number of anilines is 1. The topological polar surface area (TPSA) is 98.0 Å². The van der Waals surface area contributed by atoms with Gasteiger partial charge in [-0.1, -0.05) is 11.3 Å². The molecule has 102 valence electrons. The van der Waals surface area contributed by atoms with Gasteiger partial charge in [0.15, 0.2) is 5.82 Å². The number of sulfonamides is 1. The second-order valence-corrected chi connectivity index (χ2v) is 5.88. The minimum Gasteiger partial charge on any atom is -0.326 e. The first-order valence-electron chi connectivity index (χ1n) is 4.91. The van der Waals surface area contributed by atoms with Crippen LogP contribution in [-0.2, 0) is 16.6 Å². The van der Waals surface area contributed by atoms with Gasteiger partial charge in [-0.15, -0.1) is 10.2 Å². The fraction of sp³-hybridized carbons (Fsp3) is 0.111. The molecule has 0 fully saturated rings. The Balaban J connectivity index is 2.47. The van der Waals surface area contributed by atoms with Gasteiger partial charge in [0.1, 0.15) is 16.2 Å². The Morgan fingerprint density at radius 3 is 2.68 bits per heavy atom. The Hall–Kier alpha value is -1.65. The molecule has 0 bridgehead atoms. The molecule has 1 aromatic heterocycles. The second kappa shape index (κ2) is 5.15. The molecule has 0 atom stereocenters. The number of halogens is 2. The molecule has 0 aliphatic rings. The van der Waals surface area contributed by atoms with Crippen molar-refractivity contribution in [2.75, 3.05) is 4.72 Å². The summed E-state index contributed by atoms with van der Waals surface area (Å²) in [6.07, 6.45) is 0. The highest BCUT2D eigenvalue weighted by Gasteiger charge is 2.24. The summed E-state index contributed by atoms with van der Waals surface area (Å²) in [5, 5.41) is 6.90. The van der Waals surface area contributed by atoms with Gasteiger partial charge in [0.25, 0.3) is 10.0 Å². The number of nitrogens with one attached hydrogen (secondary N) is 1. The molecule has 1 aromatic carbocycles. The van der Waals surface area contributed by atoms with E-state index in [0.29, 0.717) is 0 Å². The van der Waals surface area contributed by atoms with E-state index in [1.54, 1.807) is 0 Å². The van der Waals surface area contributed by atoms with E-state index in [2.05, 4.69) is 10.2 Å². The largest absolute Gasteiger partial charge is 0.326 e. The van der Waals surface area contributed by atoms with Crippen molar-refractivity contribution < 1.29 is 17.2 Å². The molecule has 10 heteroatoms. The molecule has 3 N–H and O–H groups in total. The van der Waals surface area contributed by atoms with E-state index in [0.717, 1.165) is 23.5 Å². The summed E-state index contributed by atoms with van der Waals surface area (Å²) in [5.74, 6) is -2.10. The van der Waals surface area contributed by atoms with Crippen molar-refractivity contribution in [3.8, 4) is 0 Å². The Labute approximate surface area is 111 Å². The molecule has 2 rings (SSSR count). The smallest absolute Gasteiger partial charge is 0.266 e. The van der Waals surface area contributed by atoms with Crippen molar-refractivity contribution in [3.63, 3.8) is 0 Å². The number of hydrogen-bond donors (Lipinski definition) is 2. The molecule has 2 aromatic rings. The number of hydrogen-bond acceptors (Lipinski definition) is 6. The van der Waals surface area contributed by atoms with Gasteiger partial charge in [0, 0.05) is 12.1 Å². The summed E-state index contributed by atoms with van der Waals surface area (Å²) >= 11 is 0.930. The predicted molar refractivity (Wildman–Crippen MR) is 65.0 cm³/mol. The third-order valence-corrected chi connectivity index (χ3v) is 4.32. The summed E-state index contributed by atoms with van der Waals surface area (Å²) in [7, 11) is -4.20. The third kappa shape index (κ3) is 2.69. The zero-order valence-corrected chi connectivity index (χ0v) is 10.9. The number of benzene rings is 1. The summed E-state index contributed by atoms with van der Waals surface area (Å²) in [4.78, 5) is -0.690. The van der Waals surface area contributed by atoms with Gasteiger partial charge in [0.05, 0.1) is 0 Å². The molecule has 1 heterocycles. The van der Waals surface area contributed by atoms with E-state index in [9.17, 15) is 17.2 Å². The number of rotatable bonds is 4. The first kappa shape index (κ1) is 13.8. The van der Waals surface area contributed by atoms with Gasteiger partial charge in [-0.3, -0.25) is 4.72 Å². The second-order valence-electron chi connectivity index (χ2n) is 3.39. The number of aromatic nitrogens is 2. The minimum absolute atomic E-state index is 0.0157. The fourth-order valence-corrected chi connectivity index (χ4v) is 3.16. The van der Waals surface area contributed by atoms with Crippen molar-refractivity contribution in [2.24, 2.45) is 5.73 Å². The average molecular weight is 306 g/mol. The first-order valence-corrected chi connectivity index (χ1v) is 7.28. The average Bonchev–Trinajstić information content (AvgIpc) is 2.81. The molecule has 0 saturated carbocycles. The zero-order chi connectivity index (χ0) is 14.0. The van der Waals surface area contributed by atoms with Gasteiger partial charge in [0.2, 0.25) is 5.13 Å². The van der Waals surface area contributed by atoms with Crippen LogP contribution in [0.2, 0.25) is 0 Å². The van der Waals surface area contributed by atoms with Gasteiger partial charge in [-0.25, -0.2) is 17.2 Å². The maximum Gasteiger partial charge on any atom is 0.266 e. The Bertz CT molecular complexity index is 688. The molecule has 0 aliphatic heterocycles. The molecule has 0 saturated heterocycles. The molecule has 0 aliphatic carbocycles. The summed E-state index contributed by atoms with van der Waals surface area (Å²) < 4.78 is 53.0. The first-order chi connectivity index (χ1) is 8.95. The molecule has 6 nitrogen and oxygen atoms in total. The molecule has 0 spiro atoms. The molecular weight excluding hydrogens is 298 g/mol.